The summed E-state index contributed by atoms with van der Waals surface area (Å²) in [5.74, 6) is 0. The van der Waals surface area contributed by atoms with Crippen molar-refractivity contribution in [3.05, 3.63) is 16.6 Å². The number of hydrogen-bond acceptors (Lipinski definition) is 3. The van der Waals surface area contributed by atoms with Crippen molar-refractivity contribution < 1.29 is 0 Å². The standard InChI is InChI=1S/C6H10N2S.2ClH/c1-2-5(7)6-3-9-4-8-6;;/h3-5H,2,7H2,1H3;2*1H/t5-;;/m0../s1. The predicted octanol–water partition coefficient (Wildman–Crippen LogP) is 2.40. The summed E-state index contributed by atoms with van der Waals surface area (Å²) >= 11 is 1.59. The van der Waals surface area contributed by atoms with E-state index in [9.17, 15) is 0 Å². The van der Waals surface area contributed by atoms with Gasteiger partial charge in [-0.15, -0.1) is 36.2 Å². The fourth-order valence-corrected chi connectivity index (χ4v) is 1.23. The third-order valence-electron chi connectivity index (χ3n) is 1.27. The molecule has 2 nitrogen and oxygen atoms in total. The van der Waals surface area contributed by atoms with Gasteiger partial charge in [0.2, 0.25) is 0 Å². The van der Waals surface area contributed by atoms with Crippen LogP contribution in [0.4, 0.5) is 0 Å². The van der Waals surface area contributed by atoms with Crippen LogP contribution in [0.2, 0.25) is 0 Å². The van der Waals surface area contributed by atoms with Gasteiger partial charge in [0.15, 0.2) is 0 Å². The third-order valence-corrected chi connectivity index (χ3v) is 1.88. The average Bonchev–Trinajstić information content (AvgIpc) is 2.37. The second-order valence-electron chi connectivity index (χ2n) is 1.93. The SMILES string of the molecule is CC[C@H](N)c1cscn1.Cl.Cl. The summed E-state index contributed by atoms with van der Waals surface area (Å²) in [6, 6.07) is 0.135. The Kier molecular flexibility index (Phi) is 8.56. The molecule has 1 heterocycles. The minimum atomic E-state index is 0. The normalized spacial score (nSPS) is 11.1. The second-order valence-corrected chi connectivity index (χ2v) is 2.65. The van der Waals surface area contributed by atoms with Gasteiger partial charge in [0.05, 0.1) is 11.2 Å². The van der Waals surface area contributed by atoms with Crippen molar-refractivity contribution in [1.29, 1.82) is 0 Å². The summed E-state index contributed by atoms with van der Waals surface area (Å²) in [6.07, 6.45) is 0.962. The molecule has 1 rings (SSSR count). The van der Waals surface area contributed by atoms with Crippen LogP contribution in [-0.4, -0.2) is 4.98 Å². The van der Waals surface area contributed by atoms with Crippen molar-refractivity contribution in [3.8, 4) is 0 Å². The number of halogens is 2. The Bertz CT molecular complexity index is 167. The highest BCUT2D eigenvalue weighted by atomic mass is 35.5. The molecule has 2 N–H and O–H groups in total. The van der Waals surface area contributed by atoms with Gasteiger partial charge in [-0.25, -0.2) is 4.98 Å². The lowest BCUT2D eigenvalue weighted by molar-refractivity contribution is 0.680. The van der Waals surface area contributed by atoms with Crippen molar-refractivity contribution in [2.45, 2.75) is 19.4 Å². The predicted molar refractivity (Wildman–Crippen MR) is 53.8 cm³/mol. The molecule has 0 aliphatic heterocycles. The lowest BCUT2D eigenvalue weighted by Crippen LogP contribution is -2.08. The molecule has 0 saturated heterocycles. The Balaban J connectivity index is 0. The summed E-state index contributed by atoms with van der Waals surface area (Å²) in [4.78, 5) is 4.08. The Hall–Kier alpha value is 0.170. The molecule has 0 radical (unpaired) electrons. The average molecular weight is 215 g/mol. The quantitative estimate of drug-likeness (QED) is 0.822. The van der Waals surface area contributed by atoms with Crippen LogP contribution < -0.4 is 5.73 Å². The van der Waals surface area contributed by atoms with Gasteiger partial charge in [0, 0.05) is 11.4 Å². The molecule has 0 spiro atoms. The third kappa shape index (κ3) is 3.91. The summed E-state index contributed by atoms with van der Waals surface area (Å²) in [5.41, 5.74) is 8.51. The van der Waals surface area contributed by atoms with E-state index in [1.165, 1.54) is 0 Å². The van der Waals surface area contributed by atoms with E-state index in [1.54, 1.807) is 11.3 Å². The van der Waals surface area contributed by atoms with Crippen LogP contribution in [0.15, 0.2) is 10.9 Å². The lowest BCUT2D eigenvalue weighted by atomic mass is 10.2. The Morgan fingerprint density at radius 3 is 2.64 bits per heavy atom. The molecule has 5 heteroatoms. The number of nitrogens with zero attached hydrogens (tertiary/aromatic N) is 1. The van der Waals surface area contributed by atoms with Crippen LogP contribution >= 0.6 is 36.2 Å². The zero-order chi connectivity index (χ0) is 6.69. The van der Waals surface area contributed by atoms with Gasteiger partial charge < -0.3 is 5.73 Å². The molecule has 0 saturated carbocycles. The largest absolute Gasteiger partial charge is 0.323 e. The van der Waals surface area contributed by atoms with E-state index in [1.807, 2.05) is 10.9 Å². The van der Waals surface area contributed by atoms with Crippen LogP contribution in [0.3, 0.4) is 0 Å². The fraction of sp³-hybridized carbons (Fsp3) is 0.500. The summed E-state index contributed by atoms with van der Waals surface area (Å²) in [7, 11) is 0. The van der Waals surface area contributed by atoms with Crippen LogP contribution in [-0.2, 0) is 0 Å². The number of thiazole rings is 1. The molecule has 1 atom stereocenters. The van der Waals surface area contributed by atoms with Crippen molar-refractivity contribution >= 4 is 36.2 Å². The highest BCUT2D eigenvalue weighted by Gasteiger charge is 2.02. The first-order valence-corrected chi connectivity index (χ1v) is 3.92. The van der Waals surface area contributed by atoms with E-state index in [0.29, 0.717) is 0 Å². The van der Waals surface area contributed by atoms with E-state index in [-0.39, 0.29) is 30.9 Å². The summed E-state index contributed by atoms with van der Waals surface area (Å²) in [5, 5.41) is 1.99. The van der Waals surface area contributed by atoms with Gasteiger partial charge in [-0.2, -0.15) is 0 Å². The highest BCUT2D eigenvalue weighted by Crippen LogP contribution is 2.12. The topological polar surface area (TPSA) is 38.9 Å². The second kappa shape index (κ2) is 6.85. The van der Waals surface area contributed by atoms with E-state index in [4.69, 9.17) is 5.73 Å². The van der Waals surface area contributed by atoms with Gasteiger partial charge in [0.25, 0.3) is 0 Å². The van der Waals surface area contributed by atoms with E-state index >= 15 is 0 Å². The molecule has 0 aliphatic rings. The zero-order valence-electron chi connectivity index (χ0n) is 6.19. The van der Waals surface area contributed by atoms with Gasteiger partial charge in [0.1, 0.15) is 0 Å². The van der Waals surface area contributed by atoms with Gasteiger partial charge in [-0.1, -0.05) is 6.92 Å². The first-order valence-electron chi connectivity index (χ1n) is 2.98. The van der Waals surface area contributed by atoms with Gasteiger partial charge >= 0.3 is 0 Å². The molecular formula is C6H12Cl2N2S. The number of nitrogens with two attached hydrogens (primary N) is 1. The van der Waals surface area contributed by atoms with Crippen LogP contribution in [0, 0.1) is 0 Å². The molecule has 11 heavy (non-hydrogen) atoms. The maximum absolute atomic E-state index is 5.68. The van der Waals surface area contributed by atoms with Crippen molar-refractivity contribution in [3.63, 3.8) is 0 Å². The first kappa shape index (κ1) is 13.7. The molecule has 0 unspecified atom stereocenters. The molecule has 0 aliphatic carbocycles. The lowest BCUT2D eigenvalue weighted by Gasteiger charge is -2.01. The number of rotatable bonds is 2. The van der Waals surface area contributed by atoms with Gasteiger partial charge in [-0.3, -0.25) is 0 Å². The molecule has 0 amide bonds. The van der Waals surface area contributed by atoms with Crippen molar-refractivity contribution in [2.75, 3.05) is 0 Å². The molecule has 1 aromatic rings. The van der Waals surface area contributed by atoms with Crippen LogP contribution in [0.1, 0.15) is 25.1 Å². The van der Waals surface area contributed by atoms with Crippen molar-refractivity contribution in [1.82, 2.24) is 4.98 Å². The van der Waals surface area contributed by atoms with Crippen molar-refractivity contribution in [2.24, 2.45) is 5.73 Å². The maximum atomic E-state index is 5.68. The maximum Gasteiger partial charge on any atom is 0.0795 e. The Morgan fingerprint density at radius 2 is 2.27 bits per heavy atom. The minimum Gasteiger partial charge on any atom is -0.323 e. The molecule has 0 fully saturated rings. The van der Waals surface area contributed by atoms with E-state index in [2.05, 4.69) is 11.9 Å². The van der Waals surface area contributed by atoms with Crippen LogP contribution in [0.5, 0.6) is 0 Å². The van der Waals surface area contributed by atoms with E-state index < -0.39 is 0 Å². The fourth-order valence-electron chi connectivity index (χ4n) is 0.614. The monoisotopic (exact) mass is 214 g/mol. The first-order chi connectivity index (χ1) is 4.34. The Labute approximate surface area is 83.0 Å². The molecular weight excluding hydrogens is 203 g/mol. The highest BCUT2D eigenvalue weighted by molar-refractivity contribution is 7.07. The zero-order valence-corrected chi connectivity index (χ0v) is 8.64. The summed E-state index contributed by atoms with van der Waals surface area (Å²) < 4.78 is 0. The minimum absolute atomic E-state index is 0. The summed E-state index contributed by atoms with van der Waals surface area (Å²) in [6.45, 7) is 2.06. The van der Waals surface area contributed by atoms with Gasteiger partial charge in [-0.05, 0) is 6.42 Å². The molecule has 0 bridgehead atoms. The van der Waals surface area contributed by atoms with E-state index in [0.717, 1.165) is 12.1 Å². The number of aromatic nitrogens is 1. The Morgan fingerprint density at radius 1 is 1.64 bits per heavy atom. The molecule has 1 aromatic heterocycles. The molecule has 0 aromatic carbocycles. The number of hydrogen-bond donors (Lipinski definition) is 1. The van der Waals surface area contributed by atoms with Crippen LogP contribution in [0.25, 0.3) is 0 Å². The smallest absolute Gasteiger partial charge is 0.0795 e. The molecule has 66 valence electrons.